The summed E-state index contributed by atoms with van der Waals surface area (Å²) in [6.45, 7) is 3.66. The molecular weight excluding hydrogens is 363 g/mol. The van der Waals surface area contributed by atoms with E-state index in [1.807, 2.05) is 13.8 Å². The van der Waals surface area contributed by atoms with Gasteiger partial charge in [-0.15, -0.1) is 0 Å². The van der Waals surface area contributed by atoms with Crippen molar-refractivity contribution in [1.29, 1.82) is 0 Å². The van der Waals surface area contributed by atoms with Crippen molar-refractivity contribution in [1.82, 2.24) is 0 Å². The molecular formula is C13H13IO5. The van der Waals surface area contributed by atoms with Crippen LogP contribution in [0.3, 0.4) is 0 Å². The fourth-order valence-electron chi connectivity index (χ4n) is 2.17. The smallest absolute Gasteiger partial charge is 0.192 e. The summed E-state index contributed by atoms with van der Waals surface area (Å²) in [4.78, 5) is 23.4. The summed E-state index contributed by atoms with van der Waals surface area (Å²) >= 11 is 1.67. The average molecular weight is 376 g/mol. The second-order valence-electron chi connectivity index (χ2n) is 4.85. The predicted molar refractivity (Wildman–Crippen MR) is 76.7 cm³/mol. The maximum Gasteiger partial charge on any atom is 0.192 e. The van der Waals surface area contributed by atoms with Crippen LogP contribution in [-0.4, -0.2) is 24.8 Å². The quantitative estimate of drug-likeness (QED) is 0.600. The van der Waals surface area contributed by atoms with Gasteiger partial charge in [-0.05, 0) is 13.8 Å². The lowest BCUT2D eigenvalue weighted by molar-refractivity contribution is 0.0613. The number of methoxy groups -OCH3 is 1. The number of halogens is 1. The topological polar surface area (TPSA) is 61.8 Å². The molecule has 0 saturated heterocycles. The monoisotopic (exact) mass is 376 g/mol. The zero-order chi connectivity index (χ0) is 14.2. The third-order valence-electron chi connectivity index (χ3n) is 2.90. The number of benzene rings is 1. The number of ether oxygens (including phenoxy) is 2. The lowest BCUT2D eigenvalue weighted by Gasteiger charge is -2.32. The molecule has 0 N–H and O–H groups in total. The number of hydrogen-bond acceptors (Lipinski definition) is 5. The van der Waals surface area contributed by atoms with Crippen LogP contribution in [0.1, 0.15) is 41.0 Å². The summed E-state index contributed by atoms with van der Waals surface area (Å²) < 4.78 is 16.1. The molecule has 1 aromatic carbocycles. The molecule has 0 spiro atoms. The second-order valence-corrected chi connectivity index (χ2v) is 5.29. The van der Waals surface area contributed by atoms with Crippen LogP contribution in [0.15, 0.2) is 6.07 Å². The molecule has 1 aliphatic rings. The number of carbonyl (C=O) groups is 2. The van der Waals surface area contributed by atoms with E-state index in [0.29, 0.717) is 23.3 Å². The average Bonchev–Trinajstić information content (AvgIpc) is 2.34. The number of carbonyl (C=O) groups excluding carboxylic acids is 2. The van der Waals surface area contributed by atoms with Crippen molar-refractivity contribution in [3.8, 4) is 17.2 Å². The van der Waals surface area contributed by atoms with E-state index in [0.717, 1.165) is 0 Å². The Labute approximate surface area is 124 Å². The van der Waals surface area contributed by atoms with Crippen molar-refractivity contribution in [2.45, 2.75) is 25.9 Å². The molecule has 19 heavy (non-hydrogen) atoms. The summed E-state index contributed by atoms with van der Waals surface area (Å²) in [7, 11) is 1.41. The Morgan fingerprint density at radius 1 is 1.47 bits per heavy atom. The Hall–Kier alpha value is -1.31. The first-order chi connectivity index (χ1) is 8.93. The Morgan fingerprint density at radius 3 is 2.68 bits per heavy atom. The highest BCUT2D eigenvalue weighted by Crippen LogP contribution is 2.44. The largest absolute Gasteiger partial charge is 0.495 e. The minimum Gasteiger partial charge on any atom is -0.495 e. The summed E-state index contributed by atoms with van der Waals surface area (Å²) in [5.41, 5.74) is -0.0613. The maximum atomic E-state index is 12.2. The summed E-state index contributed by atoms with van der Waals surface area (Å²) in [5.74, 6) is 0.804. The van der Waals surface area contributed by atoms with Crippen LogP contribution >= 0.6 is 23.0 Å². The zero-order valence-corrected chi connectivity index (χ0v) is 12.9. The molecule has 0 radical (unpaired) electrons. The molecule has 1 aromatic rings. The summed E-state index contributed by atoms with van der Waals surface area (Å²) in [6, 6.07) is 1.55. The number of fused-ring (bicyclic) bond motifs is 1. The summed E-state index contributed by atoms with van der Waals surface area (Å²) in [6.07, 6.45) is 0.846. The van der Waals surface area contributed by atoms with E-state index in [1.165, 1.54) is 7.11 Å². The Balaban J connectivity index is 2.73. The number of Topliss-reactive ketones (excluding diaryl/α,β-unsaturated/α-hetero) is 1. The molecule has 0 unspecified atom stereocenters. The Bertz CT molecular complexity index is 550. The molecule has 0 fully saturated rings. The fourth-order valence-corrected chi connectivity index (χ4v) is 2.53. The lowest BCUT2D eigenvalue weighted by atomic mass is 9.91. The third kappa shape index (κ3) is 2.41. The highest BCUT2D eigenvalue weighted by molar-refractivity contribution is 14.1. The van der Waals surface area contributed by atoms with E-state index in [-0.39, 0.29) is 23.5 Å². The molecule has 0 atom stereocenters. The first kappa shape index (κ1) is 14.1. The normalized spacial score (nSPS) is 16.3. The van der Waals surface area contributed by atoms with Gasteiger partial charge in [0.05, 0.1) is 13.5 Å². The number of aldehydes is 1. The van der Waals surface area contributed by atoms with E-state index in [4.69, 9.17) is 12.5 Å². The van der Waals surface area contributed by atoms with Crippen molar-refractivity contribution < 1.29 is 22.1 Å². The highest BCUT2D eigenvalue weighted by atomic mass is 127. The molecule has 2 rings (SSSR count). The molecule has 5 nitrogen and oxygen atoms in total. The molecule has 102 valence electrons. The van der Waals surface area contributed by atoms with E-state index in [9.17, 15) is 9.59 Å². The van der Waals surface area contributed by atoms with Gasteiger partial charge in [0.15, 0.2) is 40.8 Å². The van der Waals surface area contributed by atoms with Gasteiger partial charge in [0.1, 0.15) is 28.2 Å². The number of hydrogen-bond donors (Lipinski definition) is 0. The van der Waals surface area contributed by atoms with Crippen LogP contribution in [0.4, 0.5) is 0 Å². The Morgan fingerprint density at radius 2 is 2.16 bits per heavy atom. The van der Waals surface area contributed by atoms with E-state index >= 15 is 0 Å². The molecule has 0 aliphatic carbocycles. The number of rotatable bonds is 3. The first-order valence-corrected chi connectivity index (χ1v) is 6.52. The standard InChI is InChI=1S/C13H13IO5/c1-13(2)5-8(16)11-10(18-13)4-9(19-14)7(6-15)12(11)17-3/h4,6H,5H2,1-3H3. The minimum absolute atomic E-state index is 0.105. The molecule has 0 saturated carbocycles. The van der Waals surface area contributed by atoms with Gasteiger partial charge in [0.25, 0.3) is 0 Å². The van der Waals surface area contributed by atoms with Crippen LogP contribution in [-0.2, 0) is 0 Å². The zero-order valence-electron chi connectivity index (χ0n) is 10.8. The van der Waals surface area contributed by atoms with Gasteiger partial charge in [-0.2, -0.15) is 0 Å². The van der Waals surface area contributed by atoms with E-state index in [2.05, 4.69) is 0 Å². The SMILES string of the molecule is COc1c(C=O)c(OI)cc2c1C(=O)CC(C)(C)O2. The minimum atomic E-state index is -0.583. The molecule has 0 bridgehead atoms. The Kier molecular flexibility index (Phi) is 3.71. The van der Waals surface area contributed by atoms with Gasteiger partial charge in [-0.25, -0.2) is 0 Å². The van der Waals surface area contributed by atoms with Crippen LogP contribution in [0.5, 0.6) is 17.2 Å². The van der Waals surface area contributed by atoms with Crippen molar-refractivity contribution in [2.24, 2.45) is 0 Å². The molecule has 1 heterocycles. The van der Waals surface area contributed by atoms with Crippen LogP contribution < -0.4 is 12.5 Å². The molecule has 0 aromatic heterocycles. The van der Waals surface area contributed by atoms with E-state index < -0.39 is 5.60 Å². The first-order valence-electron chi connectivity index (χ1n) is 5.64. The van der Waals surface area contributed by atoms with E-state index in [1.54, 1.807) is 29.1 Å². The van der Waals surface area contributed by atoms with Gasteiger partial charge in [-0.3, -0.25) is 9.59 Å². The lowest BCUT2D eigenvalue weighted by Crippen LogP contribution is -2.36. The third-order valence-corrected chi connectivity index (χ3v) is 3.38. The van der Waals surface area contributed by atoms with Gasteiger partial charge < -0.3 is 12.5 Å². The number of ketones is 1. The fraction of sp³-hybridized carbons (Fsp3) is 0.385. The van der Waals surface area contributed by atoms with Gasteiger partial charge in [-0.1, -0.05) is 0 Å². The summed E-state index contributed by atoms with van der Waals surface area (Å²) in [5, 5.41) is 0. The second kappa shape index (κ2) is 4.99. The molecule has 6 heteroatoms. The molecule has 0 amide bonds. The molecule has 1 aliphatic heterocycles. The van der Waals surface area contributed by atoms with Crippen LogP contribution in [0.2, 0.25) is 0 Å². The van der Waals surface area contributed by atoms with Gasteiger partial charge in [0, 0.05) is 6.07 Å². The van der Waals surface area contributed by atoms with Crippen molar-refractivity contribution in [3.63, 3.8) is 0 Å². The van der Waals surface area contributed by atoms with Crippen LogP contribution in [0, 0.1) is 0 Å². The van der Waals surface area contributed by atoms with Crippen LogP contribution in [0.25, 0.3) is 0 Å². The maximum absolute atomic E-state index is 12.2. The highest BCUT2D eigenvalue weighted by Gasteiger charge is 2.36. The van der Waals surface area contributed by atoms with Gasteiger partial charge in [0.2, 0.25) is 0 Å². The predicted octanol–water partition coefficient (Wildman–Crippen LogP) is 2.98. The van der Waals surface area contributed by atoms with Gasteiger partial charge >= 0.3 is 0 Å². The van der Waals surface area contributed by atoms with Crippen molar-refractivity contribution in [2.75, 3.05) is 7.11 Å². The van der Waals surface area contributed by atoms with Crippen molar-refractivity contribution >= 4 is 35.1 Å². The van der Waals surface area contributed by atoms with Crippen molar-refractivity contribution in [3.05, 3.63) is 17.2 Å².